The van der Waals surface area contributed by atoms with Crippen molar-refractivity contribution in [1.82, 2.24) is 9.55 Å². The zero-order valence-corrected chi connectivity index (χ0v) is 12.9. The van der Waals surface area contributed by atoms with E-state index >= 15 is 0 Å². The Balaban J connectivity index is 2.65. The van der Waals surface area contributed by atoms with Crippen LogP contribution in [0.4, 0.5) is 0 Å². The monoisotopic (exact) mass is 259 g/mol. The summed E-state index contributed by atoms with van der Waals surface area (Å²) in [4.78, 5) is 4.76. The number of imidazole rings is 1. The number of nitrogens with zero attached hydrogens (tertiary/aromatic N) is 2. The van der Waals surface area contributed by atoms with Gasteiger partial charge >= 0.3 is 0 Å². The van der Waals surface area contributed by atoms with Gasteiger partial charge in [-0.1, -0.05) is 40.7 Å². The first-order valence-electron chi connectivity index (χ1n) is 6.84. The van der Waals surface area contributed by atoms with Gasteiger partial charge in [-0.3, -0.25) is 0 Å². The van der Waals surface area contributed by atoms with Crippen molar-refractivity contribution in [3.8, 4) is 0 Å². The fraction of sp³-hybridized carbons (Fsp3) is 0.562. The van der Waals surface area contributed by atoms with Crippen molar-refractivity contribution in [3.05, 3.63) is 29.6 Å². The maximum Gasteiger partial charge on any atom is 0.115 e. The zero-order chi connectivity index (χ0) is 14.4. The van der Waals surface area contributed by atoms with E-state index in [1.54, 1.807) is 0 Å². The van der Waals surface area contributed by atoms with Crippen LogP contribution < -0.4 is 5.73 Å². The first kappa shape index (κ1) is 14.1. The van der Waals surface area contributed by atoms with E-state index in [2.05, 4.69) is 64.4 Å². The molecular weight excluding hydrogens is 234 g/mol. The summed E-state index contributed by atoms with van der Waals surface area (Å²) in [6.07, 6.45) is 0. The summed E-state index contributed by atoms with van der Waals surface area (Å²) in [5, 5.41) is 0. The first-order chi connectivity index (χ1) is 8.66. The summed E-state index contributed by atoms with van der Waals surface area (Å²) < 4.78 is 2.20. The van der Waals surface area contributed by atoms with Crippen LogP contribution in [0.5, 0.6) is 0 Å². The van der Waals surface area contributed by atoms with Gasteiger partial charge in [0, 0.05) is 24.4 Å². The van der Waals surface area contributed by atoms with Crippen LogP contribution in [0.2, 0.25) is 0 Å². The third-order valence-electron chi connectivity index (χ3n) is 3.84. The van der Waals surface area contributed by atoms with Crippen LogP contribution in [0.15, 0.2) is 18.2 Å². The Morgan fingerprint density at radius 1 is 1.16 bits per heavy atom. The molecule has 3 nitrogen and oxygen atoms in total. The number of aromatic nitrogens is 2. The summed E-state index contributed by atoms with van der Waals surface area (Å²) >= 11 is 0. The fourth-order valence-electron chi connectivity index (χ4n) is 2.40. The summed E-state index contributed by atoms with van der Waals surface area (Å²) in [6.45, 7) is 11.6. The summed E-state index contributed by atoms with van der Waals surface area (Å²) in [7, 11) is 2.09. The van der Waals surface area contributed by atoms with Crippen molar-refractivity contribution in [1.29, 1.82) is 0 Å². The number of rotatable bonds is 2. The predicted octanol–water partition coefficient (Wildman–Crippen LogP) is 3.11. The Morgan fingerprint density at radius 3 is 2.32 bits per heavy atom. The van der Waals surface area contributed by atoms with Gasteiger partial charge in [0.15, 0.2) is 0 Å². The molecule has 104 valence electrons. The maximum absolute atomic E-state index is 5.87. The van der Waals surface area contributed by atoms with Gasteiger partial charge in [0.1, 0.15) is 5.82 Å². The number of hydrogen-bond acceptors (Lipinski definition) is 2. The molecule has 0 aliphatic carbocycles. The van der Waals surface area contributed by atoms with Crippen LogP contribution in [0.1, 0.15) is 46.0 Å². The standard InChI is InChI=1S/C16H25N3/c1-15(2,3)14-18-12-8-7-11(16(4,5)10-17)9-13(12)19(14)6/h7-9H,10,17H2,1-6H3. The molecule has 0 saturated heterocycles. The predicted molar refractivity (Wildman–Crippen MR) is 81.5 cm³/mol. The van der Waals surface area contributed by atoms with Crippen molar-refractivity contribution < 1.29 is 0 Å². The molecule has 1 aromatic heterocycles. The molecular formula is C16H25N3. The molecule has 0 spiro atoms. The number of nitrogens with two attached hydrogens (primary N) is 1. The molecule has 0 bridgehead atoms. The smallest absolute Gasteiger partial charge is 0.115 e. The fourth-order valence-corrected chi connectivity index (χ4v) is 2.40. The second-order valence-electron chi connectivity index (χ2n) is 7.04. The van der Waals surface area contributed by atoms with Crippen LogP contribution in [0, 0.1) is 0 Å². The number of benzene rings is 1. The molecule has 2 rings (SSSR count). The maximum atomic E-state index is 5.87. The molecule has 3 heteroatoms. The molecule has 2 N–H and O–H groups in total. The van der Waals surface area contributed by atoms with Crippen LogP contribution >= 0.6 is 0 Å². The van der Waals surface area contributed by atoms with Gasteiger partial charge in [0.05, 0.1) is 11.0 Å². The van der Waals surface area contributed by atoms with E-state index in [1.165, 1.54) is 11.1 Å². The summed E-state index contributed by atoms with van der Waals surface area (Å²) in [6, 6.07) is 6.48. The van der Waals surface area contributed by atoms with E-state index in [9.17, 15) is 0 Å². The van der Waals surface area contributed by atoms with Crippen molar-refractivity contribution in [2.75, 3.05) is 6.54 Å². The lowest BCUT2D eigenvalue weighted by molar-refractivity contribution is 0.526. The normalized spacial score (nSPS) is 13.2. The van der Waals surface area contributed by atoms with Gasteiger partial charge in [-0.15, -0.1) is 0 Å². The third-order valence-corrected chi connectivity index (χ3v) is 3.84. The van der Waals surface area contributed by atoms with Crippen LogP contribution in [0.3, 0.4) is 0 Å². The Labute approximate surface area is 115 Å². The van der Waals surface area contributed by atoms with Crippen LogP contribution in [-0.4, -0.2) is 16.1 Å². The highest BCUT2D eigenvalue weighted by molar-refractivity contribution is 5.77. The lowest BCUT2D eigenvalue weighted by Gasteiger charge is -2.23. The van der Waals surface area contributed by atoms with Crippen molar-refractivity contribution in [3.63, 3.8) is 0 Å². The topological polar surface area (TPSA) is 43.8 Å². The van der Waals surface area contributed by atoms with Gasteiger partial charge in [-0.05, 0) is 17.7 Å². The highest BCUT2D eigenvalue weighted by Crippen LogP contribution is 2.29. The molecule has 2 aromatic rings. The molecule has 0 aliphatic rings. The van der Waals surface area contributed by atoms with Crippen molar-refractivity contribution in [2.24, 2.45) is 12.8 Å². The molecule has 0 saturated carbocycles. The van der Waals surface area contributed by atoms with Crippen molar-refractivity contribution >= 4 is 11.0 Å². The third kappa shape index (κ3) is 2.39. The highest BCUT2D eigenvalue weighted by Gasteiger charge is 2.23. The second kappa shape index (κ2) is 4.34. The number of aryl methyl sites for hydroxylation is 1. The molecule has 0 aliphatic heterocycles. The average molecular weight is 259 g/mol. The van der Waals surface area contributed by atoms with Crippen LogP contribution in [-0.2, 0) is 17.9 Å². The Morgan fingerprint density at radius 2 is 1.79 bits per heavy atom. The average Bonchev–Trinajstić information content (AvgIpc) is 2.66. The second-order valence-corrected chi connectivity index (χ2v) is 7.04. The molecule has 19 heavy (non-hydrogen) atoms. The SMILES string of the molecule is Cn1c(C(C)(C)C)nc2ccc(C(C)(C)CN)cc21. The quantitative estimate of drug-likeness (QED) is 0.900. The molecule has 1 aromatic carbocycles. The number of hydrogen-bond donors (Lipinski definition) is 1. The Hall–Kier alpha value is -1.35. The molecule has 0 atom stereocenters. The molecule has 0 fully saturated rings. The minimum atomic E-state index is 0.000353. The molecule has 0 amide bonds. The molecule has 0 radical (unpaired) electrons. The van der Waals surface area contributed by atoms with E-state index in [0.717, 1.165) is 11.3 Å². The van der Waals surface area contributed by atoms with E-state index < -0.39 is 0 Å². The summed E-state index contributed by atoms with van der Waals surface area (Å²) in [5.41, 5.74) is 9.44. The van der Waals surface area contributed by atoms with Crippen molar-refractivity contribution in [2.45, 2.75) is 45.4 Å². The zero-order valence-electron chi connectivity index (χ0n) is 12.9. The van der Waals surface area contributed by atoms with Gasteiger partial charge in [-0.25, -0.2) is 4.98 Å². The van der Waals surface area contributed by atoms with Gasteiger partial charge < -0.3 is 10.3 Å². The lowest BCUT2D eigenvalue weighted by Crippen LogP contribution is -2.28. The Kier molecular flexibility index (Phi) is 3.21. The first-order valence-corrected chi connectivity index (χ1v) is 6.84. The lowest BCUT2D eigenvalue weighted by atomic mass is 9.85. The van der Waals surface area contributed by atoms with Gasteiger partial charge in [-0.2, -0.15) is 0 Å². The van der Waals surface area contributed by atoms with E-state index in [1.807, 2.05) is 0 Å². The Bertz CT molecular complexity index is 600. The van der Waals surface area contributed by atoms with Gasteiger partial charge in [0.2, 0.25) is 0 Å². The largest absolute Gasteiger partial charge is 0.331 e. The molecule has 0 unspecified atom stereocenters. The minimum absolute atomic E-state index is 0.000353. The number of fused-ring (bicyclic) bond motifs is 1. The minimum Gasteiger partial charge on any atom is -0.331 e. The van der Waals surface area contributed by atoms with E-state index in [4.69, 9.17) is 10.7 Å². The van der Waals surface area contributed by atoms with E-state index in [0.29, 0.717) is 6.54 Å². The van der Waals surface area contributed by atoms with Crippen LogP contribution in [0.25, 0.3) is 11.0 Å². The highest BCUT2D eigenvalue weighted by atomic mass is 15.1. The van der Waals surface area contributed by atoms with E-state index in [-0.39, 0.29) is 10.8 Å². The molecule has 1 heterocycles. The summed E-state index contributed by atoms with van der Waals surface area (Å²) in [5.74, 6) is 1.12. The van der Waals surface area contributed by atoms with Gasteiger partial charge in [0.25, 0.3) is 0 Å².